The summed E-state index contributed by atoms with van der Waals surface area (Å²) in [6, 6.07) is 9.48. The third kappa shape index (κ3) is 3.90. The number of aliphatic hydroxyl groups is 1. The van der Waals surface area contributed by atoms with E-state index in [1.165, 1.54) is 18.0 Å². The molecule has 6 heteroatoms. The first-order chi connectivity index (χ1) is 10.4. The van der Waals surface area contributed by atoms with E-state index in [0.717, 1.165) is 5.56 Å². The highest BCUT2D eigenvalue weighted by molar-refractivity contribution is 8.00. The zero-order valence-electron chi connectivity index (χ0n) is 12.9. The van der Waals surface area contributed by atoms with E-state index in [0.29, 0.717) is 17.5 Å². The van der Waals surface area contributed by atoms with Crippen molar-refractivity contribution in [3.05, 3.63) is 47.8 Å². The molecule has 1 aromatic carbocycles. The van der Waals surface area contributed by atoms with Crippen LogP contribution in [0, 0.1) is 0 Å². The lowest BCUT2D eigenvalue weighted by molar-refractivity contribution is 0.0519. The summed E-state index contributed by atoms with van der Waals surface area (Å²) in [6.07, 6.45) is 0.792. The Bertz CT molecular complexity index is 625. The first-order valence-electron chi connectivity index (χ1n) is 7.08. The molecule has 0 radical (unpaired) electrons. The van der Waals surface area contributed by atoms with Gasteiger partial charge in [0.2, 0.25) is 0 Å². The minimum atomic E-state index is -0.658. The smallest absolute Gasteiger partial charge is 0.356 e. The number of hydrogen-bond acceptors (Lipinski definition) is 5. The number of nitrogens with one attached hydrogen (secondary N) is 1. The molecule has 1 heterocycles. The molecule has 0 amide bonds. The summed E-state index contributed by atoms with van der Waals surface area (Å²) < 4.78 is 4.41. The summed E-state index contributed by atoms with van der Waals surface area (Å²) >= 11 is 1.38. The molecule has 2 rings (SSSR count). The number of aromatic amines is 1. The van der Waals surface area contributed by atoms with E-state index in [9.17, 15) is 9.90 Å². The van der Waals surface area contributed by atoms with Crippen LogP contribution in [0.1, 0.15) is 42.9 Å². The highest BCUT2D eigenvalue weighted by atomic mass is 32.2. The molecule has 0 saturated carbocycles. The Morgan fingerprint density at radius 3 is 2.73 bits per heavy atom. The maximum Gasteiger partial charge on any atom is 0.356 e. The molecule has 0 spiro atoms. The quantitative estimate of drug-likeness (QED) is 0.631. The van der Waals surface area contributed by atoms with Gasteiger partial charge in [0.05, 0.1) is 18.9 Å². The van der Waals surface area contributed by atoms with Gasteiger partial charge in [-0.1, -0.05) is 42.1 Å². The average molecular weight is 320 g/mol. The third-order valence-electron chi connectivity index (χ3n) is 3.18. The molecular formula is C16H20N2O3S. The van der Waals surface area contributed by atoms with Crippen molar-refractivity contribution in [2.75, 3.05) is 6.61 Å². The number of carbonyl (C=O) groups is 1. The molecule has 0 saturated heterocycles. The van der Waals surface area contributed by atoms with Crippen LogP contribution in [0.5, 0.6) is 0 Å². The van der Waals surface area contributed by atoms with Crippen LogP contribution >= 0.6 is 11.8 Å². The monoisotopic (exact) mass is 320 g/mol. The number of ether oxygens (including phenoxy) is 1. The van der Waals surface area contributed by atoms with Crippen molar-refractivity contribution in [3.8, 4) is 0 Å². The Kier molecular flexibility index (Phi) is 5.26. The van der Waals surface area contributed by atoms with Gasteiger partial charge in [-0.05, 0) is 26.3 Å². The Hall–Kier alpha value is -1.79. The predicted octanol–water partition coefficient (Wildman–Crippen LogP) is 3.19. The number of rotatable bonds is 6. The summed E-state index contributed by atoms with van der Waals surface area (Å²) in [6.45, 7) is 5.94. The lowest BCUT2D eigenvalue weighted by Crippen LogP contribution is -2.25. The van der Waals surface area contributed by atoms with E-state index < -0.39 is 16.8 Å². The van der Waals surface area contributed by atoms with Gasteiger partial charge in [-0.15, -0.1) is 0 Å². The summed E-state index contributed by atoms with van der Waals surface area (Å²) in [5.74, 6) is -0.428. The number of benzene rings is 1. The molecule has 22 heavy (non-hydrogen) atoms. The summed E-state index contributed by atoms with van der Waals surface area (Å²) in [4.78, 5) is 18.7. The number of imidazole rings is 1. The van der Waals surface area contributed by atoms with Gasteiger partial charge in [-0.2, -0.15) is 0 Å². The van der Waals surface area contributed by atoms with E-state index >= 15 is 0 Å². The van der Waals surface area contributed by atoms with Crippen molar-refractivity contribution >= 4 is 17.7 Å². The maximum absolute atomic E-state index is 11.6. The second kappa shape index (κ2) is 6.98. The second-order valence-corrected chi connectivity index (χ2v) is 6.98. The molecule has 2 N–H and O–H groups in total. The largest absolute Gasteiger partial charge is 0.461 e. The molecule has 0 aliphatic rings. The van der Waals surface area contributed by atoms with Gasteiger partial charge in [-0.25, -0.2) is 9.78 Å². The first-order valence-corrected chi connectivity index (χ1v) is 7.90. The lowest BCUT2D eigenvalue weighted by atomic mass is 9.98. The molecule has 1 aromatic heterocycles. The Balaban J connectivity index is 2.10. The number of thioether (sulfide) groups is 1. The maximum atomic E-state index is 11.6. The van der Waals surface area contributed by atoms with Gasteiger partial charge in [0, 0.05) is 4.75 Å². The Labute approximate surface area is 134 Å². The molecule has 118 valence electrons. The lowest BCUT2D eigenvalue weighted by Gasteiger charge is -2.29. The van der Waals surface area contributed by atoms with Crippen molar-refractivity contribution in [3.63, 3.8) is 0 Å². The predicted molar refractivity (Wildman–Crippen MR) is 85.9 cm³/mol. The number of H-pyrrole nitrogens is 1. The van der Waals surface area contributed by atoms with Gasteiger partial charge < -0.3 is 14.8 Å². The zero-order chi connectivity index (χ0) is 16.2. The van der Waals surface area contributed by atoms with Crippen LogP contribution in [-0.2, 0) is 4.74 Å². The van der Waals surface area contributed by atoms with Crippen LogP contribution < -0.4 is 0 Å². The second-order valence-electron chi connectivity index (χ2n) is 5.34. The van der Waals surface area contributed by atoms with Gasteiger partial charge in [0.25, 0.3) is 0 Å². The van der Waals surface area contributed by atoms with Crippen LogP contribution in [0.4, 0.5) is 0 Å². The standard InChI is InChI=1S/C16H20N2O3S/c1-4-21-14(20)12-10-17-15(18-12)22-16(2,3)13(19)11-8-6-5-7-9-11/h5-10,13,19H,4H2,1-3H3,(H,17,18). The van der Waals surface area contributed by atoms with Crippen molar-refractivity contribution in [1.29, 1.82) is 0 Å². The summed E-state index contributed by atoms with van der Waals surface area (Å²) in [7, 11) is 0. The van der Waals surface area contributed by atoms with Gasteiger partial charge >= 0.3 is 5.97 Å². The molecule has 0 fully saturated rings. The molecule has 2 aromatic rings. The van der Waals surface area contributed by atoms with Crippen molar-refractivity contribution in [2.24, 2.45) is 0 Å². The van der Waals surface area contributed by atoms with E-state index in [1.807, 2.05) is 44.2 Å². The van der Waals surface area contributed by atoms with Crippen LogP contribution in [0.2, 0.25) is 0 Å². The molecule has 0 aliphatic carbocycles. The van der Waals surface area contributed by atoms with Crippen LogP contribution in [0.15, 0.2) is 41.7 Å². The van der Waals surface area contributed by atoms with Crippen molar-refractivity contribution in [1.82, 2.24) is 9.97 Å². The molecule has 0 aliphatic heterocycles. The molecule has 5 nitrogen and oxygen atoms in total. The number of aliphatic hydroxyl groups excluding tert-OH is 1. The fourth-order valence-electron chi connectivity index (χ4n) is 2.01. The fourth-order valence-corrected chi connectivity index (χ4v) is 3.02. The number of nitrogens with zero attached hydrogens (tertiary/aromatic N) is 1. The van der Waals surface area contributed by atoms with Gasteiger partial charge in [0.1, 0.15) is 5.69 Å². The van der Waals surface area contributed by atoms with Gasteiger partial charge in [0.15, 0.2) is 5.16 Å². The Morgan fingerprint density at radius 2 is 2.09 bits per heavy atom. The van der Waals surface area contributed by atoms with Crippen molar-refractivity contribution in [2.45, 2.75) is 36.8 Å². The molecule has 0 bridgehead atoms. The topological polar surface area (TPSA) is 75.2 Å². The van der Waals surface area contributed by atoms with Crippen LogP contribution in [0.25, 0.3) is 0 Å². The SMILES string of the molecule is CCOC(=O)c1cnc(SC(C)(C)C(O)c2ccccc2)[nH]1. The molecular weight excluding hydrogens is 300 g/mol. The first kappa shape index (κ1) is 16.6. The minimum absolute atomic E-state index is 0.314. The highest BCUT2D eigenvalue weighted by Gasteiger charge is 2.31. The van der Waals surface area contributed by atoms with E-state index in [4.69, 9.17) is 4.74 Å². The average Bonchev–Trinajstić information content (AvgIpc) is 2.95. The number of hydrogen-bond donors (Lipinski definition) is 2. The van der Waals surface area contributed by atoms with Crippen LogP contribution in [0.3, 0.4) is 0 Å². The van der Waals surface area contributed by atoms with Gasteiger partial charge in [-0.3, -0.25) is 0 Å². The third-order valence-corrected chi connectivity index (χ3v) is 4.33. The van der Waals surface area contributed by atoms with E-state index in [1.54, 1.807) is 6.92 Å². The van der Waals surface area contributed by atoms with E-state index in [2.05, 4.69) is 9.97 Å². The molecule has 1 unspecified atom stereocenters. The van der Waals surface area contributed by atoms with Crippen LogP contribution in [-0.4, -0.2) is 32.4 Å². The molecule has 1 atom stereocenters. The highest BCUT2D eigenvalue weighted by Crippen LogP contribution is 2.40. The van der Waals surface area contributed by atoms with E-state index in [-0.39, 0.29) is 0 Å². The zero-order valence-corrected chi connectivity index (χ0v) is 13.7. The minimum Gasteiger partial charge on any atom is -0.461 e. The Morgan fingerprint density at radius 1 is 1.41 bits per heavy atom. The summed E-state index contributed by atoms with van der Waals surface area (Å²) in [5.41, 5.74) is 1.16. The fraction of sp³-hybridized carbons (Fsp3) is 0.375. The number of carbonyl (C=O) groups excluding carboxylic acids is 1. The number of esters is 1. The number of aromatic nitrogens is 2. The van der Waals surface area contributed by atoms with Crippen molar-refractivity contribution < 1.29 is 14.6 Å². The summed E-state index contributed by atoms with van der Waals surface area (Å²) in [5, 5.41) is 11.1. The normalized spacial score (nSPS) is 12.9.